The number of aliphatic hydroxyl groups is 1. The normalized spacial score (nSPS) is 17.6. The lowest BCUT2D eigenvalue weighted by Crippen LogP contribution is -2.33. The lowest BCUT2D eigenvalue weighted by molar-refractivity contribution is -0.140. The molecule has 0 saturated carbocycles. The molecule has 0 bridgehead atoms. The molecule has 1 aliphatic rings. The third-order valence-electron chi connectivity index (χ3n) is 5.28. The average Bonchev–Trinajstić information content (AvgIpc) is 3.04. The number of rotatable bonds is 9. The molecule has 8 heteroatoms. The van der Waals surface area contributed by atoms with E-state index in [-0.39, 0.29) is 42.1 Å². The minimum absolute atomic E-state index is 0.0471. The Labute approximate surface area is 193 Å². The van der Waals surface area contributed by atoms with Crippen molar-refractivity contribution in [2.75, 3.05) is 26.9 Å². The molecule has 1 aliphatic heterocycles. The van der Waals surface area contributed by atoms with E-state index < -0.39 is 17.7 Å². The van der Waals surface area contributed by atoms with Crippen LogP contribution in [0.15, 0.2) is 48.0 Å². The van der Waals surface area contributed by atoms with Crippen molar-refractivity contribution in [3.05, 3.63) is 59.2 Å². The van der Waals surface area contributed by atoms with Gasteiger partial charge in [0, 0.05) is 12.1 Å². The van der Waals surface area contributed by atoms with E-state index in [9.17, 15) is 19.8 Å². The Hall–Kier alpha value is -3.52. The van der Waals surface area contributed by atoms with Crippen LogP contribution in [0.5, 0.6) is 17.2 Å². The van der Waals surface area contributed by atoms with Crippen LogP contribution >= 0.6 is 0 Å². The summed E-state index contributed by atoms with van der Waals surface area (Å²) in [7, 11) is 1.43. The minimum atomic E-state index is -0.899. The molecule has 176 valence electrons. The van der Waals surface area contributed by atoms with Gasteiger partial charge in [-0.2, -0.15) is 0 Å². The summed E-state index contributed by atoms with van der Waals surface area (Å²) in [5.41, 5.74) is 0.778. The third-order valence-corrected chi connectivity index (χ3v) is 5.28. The summed E-state index contributed by atoms with van der Waals surface area (Å²) in [5, 5.41) is 21.4. The number of carbonyl (C=O) groups is 2. The predicted molar refractivity (Wildman–Crippen MR) is 122 cm³/mol. The molecule has 1 atom stereocenters. The van der Waals surface area contributed by atoms with Crippen LogP contribution in [0.4, 0.5) is 0 Å². The van der Waals surface area contributed by atoms with Crippen molar-refractivity contribution in [2.24, 2.45) is 0 Å². The number of amides is 1. The standard InChI is InChI=1S/C25H29NO7/c1-5-32-18-9-6-16(7-10-18)23(28)21-22(17-8-11-20(31-4)19(27)14-17)26(25(30)24(21)29)12-13-33-15(2)3/h6-11,14-15,22,27-28H,5,12-13H2,1-4H3/b23-21-. The van der Waals surface area contributed by atoms with Crippen LogP contribution in [0.2, 0.25) is 0 Å². The fourth-order valence-corrected chi connectivity index (χ4v) is 3.75. The second-order valence-electron chi connectivity index (χ2n) is 7.80. The smallest absolute Gasteiger partial charge is 0.295 e. The molecule has 1 heterocycles. The van der Waals surface area contributed by atoms with Gasteiger partial charge in [0.2, 0.25) is 0 Å². The Morgan fingerprint density at radius 2 is 1.82 bits per heavy atom. The van der Waals surface area contributed by atoms with Crippen molar-refractivity contribution in [3.63, 3.8) is 0 Å². The van der Waals surface area contributed by atoms with E-state index in [1.165, 1.54) is 18.1 Å². The van der Waals surface area contributed by atoms with Gasteiger partial charge in [0.05, 0.1) is 38.0 Å². The van der Waals surface area contributed by atoms with Crippen molar-refractivity contribution < 1.29 is 34.0 Å². The van der Waals surface area contributed by atoms with Crippen LogP contribution in [0.3, 0.4) is 0 Å². The Bertz CT molecular complexity index is 1040. The zero-order valence-electron chi connectivity index (χ0n) is 19.2. The van der Waals surface area contributed by atoms with E-state index in [2.05, 4.69) is 0 Å². The van der Waals surface area contributed by atoms with Gasteiger partial charge in [-0.3, -0.25) is 9.59 Å². The summed E-state index contributed by atoms with van der Waals surface area (Å²) < 4.78 is 16.1. The second kappa shape index (κ2) is 10.4. The summed E-state index contributed by atoms with van der Waals surface area (Å²) in [4.78, 5) is 27.3. The molecule has 1 unspecified atom stereocenters. The van der Waals surface area contributed by atoms with Crippen LogP contribution in [0.25, 0.3) is 5.76 Å². The number of methoxy groups -OCH3 is 1. The number of benzene rings is 2. The number of phenols is 1. The Balaban J connectivity index is 2.08. The zero-order valence-corrected chi connectivity index (χ0v) is 19.2. The molecule has 33 heavy (non-hydrogen) atoms. The minimum Gasteiger partial charge on any atom is -0.507 e. The maximum absolute atomic E-state index is 13.0. The molecular formula is C25H29NO7. The largest absolute Gasteiger partial charge is 0.507 e. The van der Waals surface area contributed by atoms with Crippen LogP contribution in [-0.4, -0.2) is 59.8 Å². The number of hydrogen-bond donors (Lipinski definition) is 2. The van der Waals surface area contributed by atoms with E-state index in [1.807, 2.05) is 20.8 Å². The lowest BCUT2D eigenvalue weighted by atomic mass is 9.95. The van der Waals surface area contributed by atoms with Gasteiger partial charge < -0.3 is 29.3 Å². The summed E-state index contributed by atoms with van der Waals surface area (Å²) >= 11 is 0. The number of carbonyl (C=O) groups excluding carboxylic acids is 2. The molecule has 0 aromatic heterocycles. The first-order valence-electron chi connectivity index (χ1n) is 10.8. The maximum atomic E-state index is 13.0. The predicted octanol–water partition coefficient (Wildman–Crippen LogP) is 3.65. The highest BCUT2D eigenvalue weighted by molar-refractivity contribution is 6.46. The number of Topliss-reactive ketones (excluding diaryl/α,β-unsaturated/α-hetero) is 1. The molecule has 1 saturated heterocycles. The first-order chi connectivity index (χ1) is 15.8. The lowest BCUT2D eigenvalue weighted by Gasteiger charge is -2.26. The quantitative estimate of drug-likeness (QED) is 0.338. The molecular weight excluding hydrogens is 426 g/mol. The molecule has 1 fully saturated rings. The molecule has 2 aromatic rings. The number of phenolic OH excluding ortho intramolecular Hbond substituents is 1. The fraction of sp³-hybridized carbons (Fsp3) is 0.360. The van der Waals surface area contributed by atoms with Gasteiger partial charge >= 0.3 is 0 Å². The number of ketones is 1. The number of nitrogens with zero attached hydrogens (tertiary/aromatic N) is 1. The molecule has 0 spiro atoms. The zero-order chi connectivity index (χ0) is 24.1. The highest BCUT2D eigenvalue weighted by atomic mass is 16.5. The summed E-state index contributed by atoms with van der Waals surface area (Å²) in [6.07, 6.45) is -0.0471. The van der Waals surface area contributed by atoms with Gasteiger partial charge in [-0.05, 0) is 62.7 Å². The van der Waals surface area contributed by atoms with E-state index in [0.29, 0.717) is 23.5 Å². The third kappa shape index (κ3) is 5.12. The highest BCUT2D eigenvalue weighted by Gasteiger charge is 2.46. The van der Waals surface area contributed by atoms with Crippen LogP contribution in [0, 0.1) is 0 Å². The van der Waals surface area contributed by atoms with Crippen LogP contribution in [0.1, 0.15) is 37.9 Å². The van der Waals surface area contributed by atoms with E-state index in [0.717, 1.165) is 0 Å². The van der Waals surface area contributed by atoms with Crippen molar-refractivity contribution in [1.29, 1.82) is 0 Å². The number of aromatic hydroxyl groups is 1. The fourth-order valence-electron chi connectivity index (χ4n) is 3.75. The molecule has 8 nitrogen and oxygen atoms in total. The van der Waals surface area contributed by atoms with Crippen molar-refractivity contribution in [3.8, 4) is 17.2 Å². The van der Waals surface area contributed by atoms with E-state index in [1.54, 1.807) is 36.4 Å². The Kier molecular flexibility index (Phi) is 7.60. The van der Waals surface area contributed by atoms with Gasteiger partial charge in [-0.25, -0.2) is 0 Å². The van der Waals surface area contributed by atoms with Gasteiger partial charge in [0.15, 0.2) is 11.5 Å². The van der Waals surface area contributed by atoms with Crippen molar-refractivity contribution in [1.82, 2.24) is 4.90 Å². The van der Waals surface area contributed by atoms with Crippen LogP contribution < -0.4 is 9.47 Å². The number of hydrogen-bond acceptors (Lipinski definition) is 7. The molecule has 0 aliphatic carbocycles. The van der Waals surface area contributed by atoms with Crippen molar-refractivity contribution >= 4 is 17.4 Å². The summed E-state index contributed by atoms with van der Waals surface area (Å²) in [6.45, 7) is 6.46. The van der Waals surface area contributed by atoms with E-state index in [4.69, 9.17) is 14.2 Å². The topological polar surface area (TPSA) is 106 Å². The van der Waals surface area contributed by atoms with Gasteiger partial charge in [0.1, 0.15) is 11.5 Å². The summed E-state index contributed by atoms with van der Waals surface area (Å²) in [5.74, 6) is -1.10. The second-order valence-corrected chi connectivity index (χ2v) is 7.80. The Morgan fingerprint density at radius 3 is 2.39 bits per heavy atom. The maximum Gasteiger partial charge on any atom is 0.295 e. The molecule has 0 radical (unpaired) electrons. The molecule has 1 amide bonds. The molecule has 3 rings (SSSR count). The SMILES string of the molecule is CCOc1ccc(/C(O)=C2/C(=O)C(=O)N(CCOC(C)C)C2c2ccc(OC)c(O)c2)cc1. The van der Waals surface area contributed by atoms with Crippen molar-refractivity contribution in [2.45, 2.75) is 32.9 Å². The highest BCUT2D eigenvalue weighted by Crippen LogP contribution is 2.41. The molecule has 2 aromatic carbocycles. The number of aliphatic hydroxyl groups excluding tert-OH is 1. The summed E-state index contributed by atoms with van der Waals surface area (Å²) in [6, 6.07) is 10.3. The van der Waals surface area contributed by atoms with Gasteiger partial charge in [-0.1, -0.05) is 6.07 Å². The number of ether oxygens (including phenoxy) is 3. The van der Waals surface area contributed by atoms with Crippen LogP contribution in [-0.2, 0) is 14.3 Å². The molecule has 2 N–H and O–H groups in total. The number of likely N-dealkylation sites (tertiary alicyclic amines) is 1. The Morgan fingerprint density at radius 1 is 1.12 bits per heavy atom. The van der Waals surface area contributed by atoms with E-state index >= 15 is 0 Å². The van der Waals surface area contributed by atoms with Gasteiger partial charge in [0.25, 0.3) is 11.7 Å². The first-order valence-corrected chi connectivity index (χ1v) is 10.8. The first kappa shape index (κ1) is 24.1. The van der Waals surface area contributed by atoms with Gasteiger partial charge in [-0.15, -0.1) is 0 Å². The monoisotopic (exact) mass is 455 g/mol. The average molecular weight is 456 g/mol.